The number of hydrogen-bond donors (Lipinski definition) is 0. The second-order valence-corrected chi connectivity index (χ2v) is 3.86. The van der Waals surface area contributed by atoms with Crippen molar-refractivity contribution in [3.05, 3.63) is 39.9 Å². The van der Waals surface area contributed by atoms with Crippen LogP contribution in [0.1, 0.15) is 6.92 Å². The summed E-state index contributed by atoms with van der Waals surface area (Å²) < 4.78 is 5.39. The lowest BCUT2D eigenvalue weighted by Crippen LogP contribution is -1.99. The lowest BCUT2D eigenvalue weighted by molar-refractivity contribution is -0.104. The SMILES string of the molecule is CC(=CC=O)COc1ccc(Cl)cc1Cl. The second kappa shape index (κ2) is 5.79. The molecule has 0 aliphatic carbocycles. The van der Waals surface area contributed by atoms with Crippen LogP contribution in [0, 0.1) is 0 Å². The van der Waals surface area contributed by atoms with E-state index in [1.165, 1.54) is 6.08 Å². The molecule has 1 aromatic rings. The Hall–Kier alpha value is -0.990. The zero-order chi connectivity index (χ0) is 11.3. The maximum Gasteiger partial charge on any atom is 0.142 e. The minimum Gasteiger partial charge on any atom is -0.488 e. The Morgan fingerprint density at radius 1 is 1.47 bits per heavy atom. The standard InChI is InChI=1S/C11H10Cl2O2/c1-8(4-5-14)7-15-11-3-2-9(12)6-10(11)13/h2-6H,7H2,1H3. The van der Waals surface area contributed by atoms with E-state index in [0.29, 0.717) is 22.4 Å². The van der Waals surface area contributed by atoms with Gasteiger partial charge in [-0.2, -0.15) is 0 Å². The molecule has 15 heavy (non-hydrogen) atoms. The normalized spacial score (nSPS) is 11.3. The number of aldehydes is 1. The Kier molecular flexibility index (Phi) is 4.66. The lowest BCUT2D eigenvalue weighted by Gasteiger charge is -2.07. The Bertz CT molecular complexity index is 386. The minimum atomic E-state index is 0.333. The van der Waals surface area contributed by atoms with E-state index in [9.17, 15) is 4.79 Å². The van der Waals surface area contributed by atoms with Gasteiger partial charge in [-0.05, 0) is 36.8 Å². The van der Waals surface area contributed by atoms with Crippen LogP contribution < -0.4 is 4.74 Å². The van der Waals surface area contributed by atoms with Gasteiger partial charge in [0.15, 0.2) is 0 Å². The van der Waals surface area contributed by atoms with Crippen molar-refractivity contribution in [2.24, 2.45) is 0 Å². The molecule has 0 radical (unpaired) electrons. The number of carbonyl (C=O) groups is 1. The van der Waals surface area contributed by atoms with Crippen molar-refractivity contribution in [3.63, 3.8) is 0 Å². The van der Waals surface area contributed by atoms with Crippen molar-refractivity contribution in [1.29, 1.82) is 0 Å². The summed E-state index contributed by atoms with van der Waals surface area (Å²) in [6.45, 7) is 2.14. The molecule has 1 rings (SSSR count). The number of ether oxygens (including phenoxy) is 1. The number of rotatable bonds is 4. The van der Waals surface area contributed by atoms with Crippen LogP contribution >= 0.6 is 23.2 Å². The highest BCUT2D eigenvalue weighted by Gasteiger charge is 2.02. The number of hydrogen-bond acceptors (Lipinski definition) is 2. The van der Waals surface area contributed by atoms with Crippen LogP contribution in [0.5, 0.6) is 5.75 Å². The van der Waals surface area contributed by atoms with Gasteiger partial charge in [0, 0.05) is 5.02 Å². The van der Waals surface area contributed by atoms with Crippen LogP contribution in [0.3, 0.4) is 0 Å². The van der Waals surface area contributed by atoms with Crippen LogP contribution in [-0.4, -0.2) is 12.9 Å². The third-order valence-electron chi connectivity index (χ3n) is 1.70. The number of benzene rings is 1. The molecular weight excluding hydrogens is 235 g/mol. The molecule has 1 aromatic carbocycles. The molecule has 0 atom stereocenters. The number of carbonyl (C=O) groups excluding carboxylic acids is 1. The summed E-state index contributed by atoms with van der Waals surface area (Å²) in [6, 6.07) is 5.00. The highest BCUT2D eigenvalue weighted by Crippen LogP contribution is 2.27. The van der Waals surface area contributed by atoms with Gasteiger partial charge in [-0.15, -0.1) is 0 Å². The highest BCUT2D eigenvalue weighted by atomic mass is 35.5. The van der Waals surface area contributed by atoms with Crippen LogP contribution in [0.2, 0.25) is 10.0 Å². The molecule has 0 spiro atoms. The zero-order valence-corrected chi connectivity index (χ0v) is 9.68. The molecule has 0 N–H and O–H groups in total. The summed E-state index contributed by atoms with van der Waals surface area (Å²) in [6.07, 6.45) is 2.17. The van der Waals surface area contributed by atoms with E-state index in [-0.39, 0.29) is 0 Å². The van der Waals surface area contributed by atoms with Crippen LogP contribution in [0.25, 0.3) is 0 Å². The molecule has 4 heteroatoms. The first kappa shape index (κ1) is 12.1. The molecule has 0 fully saturated rings. The molecule has 0 saturated heterocycles. The second-order valence-electron chi connectivity index (χ2n) is 3.01. The van der Waals surface area contributed by atoms with Crippen molar-refractivity contribution in [1.82, 2.24) is 0 Å². The Balaban J connectivity index is 2.65. The molecule has 0 aromatic heterocycles. The van der Waals surface area contributed by atoms with Crippen LogP contribution in [-0.2, 0) is 4.79 Å². The van der Waals surface area contributed by atoms with Crippen molar-refractivity contribution >= 4 is 29.5 Å². The molecule has 0 unspecified atom stereocenters. The van der Waals surface area contributed by atoms with Gasteiger partial charge in [0.05, 0.1) is 5.02 Å². The number of allylic oxidation sites excluding steroid dienone is 1. The molecule has 0 amide bonds. The van der Waals surface area contributed by atoms with E-state index in [1.54, 1.807) is 25.1 Å². The summed E-state index contributed by atoms with van der Waals surface area (Å²) in [5, 5.41) is 1.02. The quantitative estimate of drug-likeness (QED) is 0.599. The van der Waals surface area contributed by atoms with Gasteiger partial charge < -0.3 is 4.74 Å². The molecule has 0 aliphatic heterocycles. The molecule has 0 heterocycles. The summed E-state index contributed by atoms with van der Waals surface area (Å²) >= 11 is 11.6. The first-order chi connectivity index (χ1) is 7.13. The third-order valence-corrected chi connectivity index (χ3v) is 2.23. The number of halogens is 2. The lowest BCUT2D eigenvalue weighted by atomic mass is 10.3. The topological polar surface area (TPSA) is 26.3 Å². The zero-order valence-electron chi connectivity index (χ0n) is 8.17. The van der Waals surface area contributed by atoms with Crippen molar-refractivity contribution in [2.75, 3.05) is 6.61 Å². The van der Waals surface area contributed by atoms with Crippen molar-refractivity contribution < 1.29 is 9.53 Å². The van der Waals surface area contributed by atoms with Crippen molar-refractivity contribution in [2.45, 2.75) is 6.92 Å². The highest BCUT2D eigenvalue weighted by molar-refractivity contribution is 6.35. The predicted molar refractivity (Wildman–Crippen MR) is 61.8 cm³/mol. The summed E-state index contributed by atoms with van der Waals surface area (Å²) in [5.41, 5.74) is 0.830. The van der Waals surface area contributed by atoms with Gasteiger partial charge in [-0.25, -0.2) is 0 Å². The van der Waals surface area contributed by atoms with Gasteiger partial charge in [0.1, 0.15) is 18.6 Å². The van der Waals surface area contributed by atoms with E-state index in [0.717, 1.165) is 11.9 Å². The average molecular weight is 245 g/mol. The first-order valence-corrected chi connectivity index (χ1v) is 5.08. The van der Waals surface area contributed by atoms with E-state index in [1.807, 2.05) is 0 Å². The summed E-state index contributed by atoms with van der Waals surface area (Å²) in [5.74, 6) is 0.555. The van der Waals surface area contributed by atoms with E-state index in [2.05, 4.69) is 0 Å². The molecule has 0 aliphatic rings. The molecule has 0 bridgehead atoms. The molecular formula is C11H10Cl2O2. The van der Waals surface area contributed by atoms with E-state index < -0.39 is 0 Å². The Morgan fingerprint density at radius 3 is 2.80 bits per heavy atom. The first-order valence-electron chi connectivity index (χ1n) is 4.32. The fourth-order valence-electron chi connectivity index (χ4n) is 0.948. The Labute approximate surface area is 98.4 Å². The van der Waals surface area contributed by atoms with Crippen LogP contribution in [0.15, 0.2) is 29.8 Å². The minimum absolute atomic E-state index is 0.333. The summed E-state index contributed by atoms with van der Waals surface area (Å²) in [7, 11) is 0. The van der Waals surface area contributed by atoms with Gasteiger partial charge in [-0.3, -0.25) is 4.79 Å². The smallest absolute Gasteiger partial charge is 0.142 e. The largest absolute Gasteiger partial charge is 0.488 e. The van der Waals surface area contributed by atoms with E-state index >= 15 is 0 Å². The molecule has 80 valence electrons. The van der Waals surface area contributed by atoms with E-state index in [4.69, 9.17) is 27.9 Å². The molecule has 0 saturated carbocycles. The van der Waals surface area contributed by atoms with Gasteiger partial charge >= 0.3 is 0 Å². The third kappa shape index (κ3) is 3.94. The van der Waals surface area contributed by atoms with Gasteiger partial charge in [0.25, 0.3) is 0 Å². The predicted octanol–water partition coefficient (Wildman–Crippen LogP) is 3.52. The van der Waals surface area contributed by atoms with Crippen molar-refractivity contribution in [3.8, 4) is 5.75 Å². The fourth-order valence-corrected chi connectivity index (χ4v) is 1.41. The van der Waals surface area contributed by atoms with Crippen LogP contribution in [0.4, 0.5) is 0 Å². The average Bonchev–Trinajstić information content (AvgIpc) is 2.17. The Morgan fingerprint density at radius 2 is 2.20 bits per heavy atom. The molecule has 2 nitrogen and oxygen atoms in total. The van der Waals surface area contributed by atoms with Gasteiger partial charge in [0.2, 0.25) is 0 Å². The fraction of sp³-hybridized carbons (Fsp3) is 0.182. The summed E-state index contributed by atoms with van der Waals surface area (Å²) in [4.78, 5) is 10.2. The maximum absolute atomic E-state index is 10.2. The van der Waals surface area contributed by atoms with Gasteiger partial charge in [-0.1, -0.05) is 23.2 Å². The monoisotopic (exact) mass is 244 g/mol. The maximum atomic E-state index is 10.2.